The number of nitrogens with one attached hydrogen (secondary N) is 1. The molecule has 0 bridgehead atoms. The van der Waals surface area contributed by atoms with Crippen LogP contribution in [0.1, 0.15) is 15.9 Å². The molecule has 150 valence electrons. The first kappa shape index (κ1) is 18.7. The summed E-state index contributed by atoms with van der Waals surface area (Å²) in [4.78, 5) is 26.0. The van der Waals surface area contributed by atoms with E-state index in [1.54, 1.807) is 18.6 Å². The number of fused-ring (bicyclic) bond motifs is 1. The molecule has 6 heteroatoms. The van der Waals surface area contributed by atoms with Crippen LogP contribution in [-0.2, 0) is 6.54 Å². The van der Waals surface area contributed by atoms with Crippen LogP contribution in [0.5, 0.6) is 0 Å². The average molecular weight is 405 g/mol. The van der Waals surface area contributed by atoms with Crippen molar-refractivity contribution >= 4 is 17.1 Å². The van der Waals surface area contributed by atoms with E-state index in [0.29, 0.717) is 12.1 Å². The summed E-state index contributed by atoms with van der Waals surface area (Å²) in [5.74, 6) is 0.676. The van der Waals surface area contributed by atoms with Gasteiger partial charge in [-0.05, 0) is 48.0 Å². The number of hydrogen-bond donors (Lipinski definition) is 1. The van der Waals surface area contributed by atoms with Gasteiger partial charge in [-0.25, -0.2) is 9.97 Å². The number of hydrogen-bond acceptors (Lipinski definition) is 4. The van der Waals surface area contributed by atoms with Crippen molar-refractivity contribution in [3.05, 3.63) is 109 Å². The largest absolute Gasteiger partial charge is 0.348 e. The first-order valence-electron chi connectivity index (χ1n) is 9.96. The summed E-state index contributed by atoms with van der Waals surface area (Å²) in [6.45, 7) is 0.433. The molecule has 5 rings (SSSR count). The average Bonchev–Trinajstić information content (AvgIpc) is 3.23. The molecule has 0 spiro atoms. The van der Waals surface area contributed by atoms with E-state index in [1.165, 1.54) is 0 Å². The summed E-state index contributed by atoms with van der Waals surface area (Å²) in [5.41, 5.74) is 5.03. The third kappa shape index (κ3) is 3.79. The van der Waals surface area contributed by atoms with E-state index in [4.69, 9.17) is 4.98 Å². The summed E-state index contributed by atoms with van der Waals surface area (Å²) < 4.78 is 2.02. The molecule has 0 atom stereocenters. The van der Waals surface area contributed by atoms with E-state index in [0.717, 1.165) is 33.8 Å². The highest BCUT2D eigenvalue weighted by Gasteiger charge is 2.15. The topological polar surface area (TPSA) is 72.7 Å². The highest BCUT2D eigenvalue weighted by atomic mass is 16.1. The van der Waals surface area contributed by atoms with Crippen molar-refractivity contribution in [2.75, 3.05) is 0 Å². The molecule has 0 aliphatic rings. The van der Waals surface area contributed by atoms with Gasteiger partial charge in [0.15, 0.2) is 5.65 Å². The van der Waals surface area contributed by atoms with Gasteiger partial charge in [-0.3, -0.25) is 14.3 Å². The number of pyridine rings is 2. The fraction of sp³-hybridized carbons (Fsp3) is 0.0400. The van der Waals surface area contributed by atoms with Crippen LogP contribution in [0.15, 0.2) is 97.5 Å². The first-order chi connectivity index (χ1) is 15.3. The van der Waals surface area contributed by atoms with E-state index < -0.39 is 0 Å². The molecular formula is C25H19N5O. The van der Waals surface area contributed by atoms with Gasteiger partial charge in [0, 0.05) is 41.9 Å². The van der Waals surface area contributed by atoms with Gasteiger partial charge in [0.1, 0.15) is 11.3 Å². The second-order valence-corrected chi connectivity index (χ2v) is 7.07. The second-order valence-electron chi connectivity index (χ2n) is 7.07. The Balaban J connectivity index is 1.46. The highest BCUT2D eigenvalue weighted by molar-refractivity contribution is 5.94. The van der Waals surface area contributed by atoms with Crippen molar-refractivity contribution in [3.63, 3.8) is 0 Å². The molecule has 31 heavy (non-hydrogen) atoms. The van der Waals surface area contributed by atoms with Crippen LogP contribution in [0.25, 0.3) is 28.2 Å². The highest BCUT2D eigenvalue weighted by Crippen LogP contribution is 2.27. The monoisotopic (exact) mass is 405 g/mol. The third-order valence-electron chi connectivity index (χ3n) is 5.01. The predicted molar refractivity (Wildman–Crippen MR) is 120 cm³/mol. The van der Waals surface area contributed by atoms with Crippen LogP contribution in [0.2, 0.25) is 0 Å². The van der Waals surface area contributed by atoms with Crippen LogP contribution in [0.4, 0.5) is 0 Å². The lowest BCUT2D eigenvalue weighted by atomic mass is 10.1. The van der Waals surface area contributed by atoms with Crippen molar-refractivity contribution in [2.45, 2.75) is 6.54 Å². The zero-order valence-corrected chi connectivity index (χ0v) is 16.6. The van der Waals surface area contributed by atoms with Gasteiger partial charge in [0.05, 0.1) is 0 Å². The van der Waals surface area contributed by atoms with E-state index in [2.05, 4.69) is 15.3 Å². The Morgan fingerprint density at radius 1 is 0.871 bits per heavy atom. The van der Waals surface area contributed by atoms with E-state index in [9.17, 15) is 4.79 Å². The SMILES string of the molecule is O=C(NCc1cccnc1)c1ccc(-n2c(-c3ccccc3)nc3cccnc32)cc1. The molecular weight excluding hydrogens is 386 g/mol. The molecule has 0 radical (unpaired) electrons. The van der Waals surface area contributed by atoms with E-state index in [-0.39, 0.29) is 5.91 Å². The second kappa shape index (κ2) is 8.20. The Bertz CT molecular complexity index is 1330. The van der Waals surface area contributed by atoms with Crippen molar-refractivity contribution < 1.29 is 4.79 Å². The molecule has 0 saturated heterocycles. The van der Waals surface area contributed by atoms with Crippen molar-refractivity contribution in [3.8, 4) is 17.1 Å². The molecule has 0 saturated carbocycles. The Hall–Kier alpha value is -4.32. The lowest BCUT2D eigenvalue weighted by Gasteiger charge is -2.10. The quantitative estimate of drug-likeness (QED) is 0.470. The molecule has 0 unspecified atom stereocenters. The summed E-state index contributed by atoms with van der Waals surface area (Å²) >= 11 is 0. The molecule has 0 aliphatic heterocycles. The van der Waals surface area contributed by atoms with Crippen LogP contribution < -0.4 is 5.32 Å². The molecule has 1 N–H and O–H groups in total. The third-order valence-corrected chi connectivity index (χ3v) is 5.01. The van der Waals surface area contributed by atoms with Crippen LogP contribution in [0, 0.1) is 0 Å². The summed E-state index contributed by atoms with van der Waals surface area (Å²) in [5, 5.41) is 2.93. The lowest BCUT2D eigenvalue weighted by molar-refractivity contribution is 0.0951. The molecule has 2 aromatic carbocycles. The maximum Gasteiger partial charge on any atom is 0.251 e. The molecule has 0 fully saturated rings. The standard InChI is InChI=1S/C25H19N5O/c31-25(28-17-18-6-4-14-26-16-18)20-10-12-21(13-11-20)30-23(19-7-2-1-3-8-19)29-22-9-5-15-27-24(22)30/h1-16H,17H2,(H,28,31). The van der Waals surface area contributed by atoms with E-state index in [1.807, 2.05) is 83.4 Å². The fourth-order valence-electron chi connectivity index (χ4n) is 3.49. The Morgan fingerprint density at radius 2 is 1.68 bits per heavy atom. The number of amides is 1. The van der Waals surface area contributed by atoms with Gasteiger partial charge in [-0.15, -0.1) is 0 Å². The summed E-state index contributed by atoms with van der Waals surface area (Å²) in [6.07, 6.45) is 5.21. The van der Waals surface area contributed by atoms with Crippen LogP contribution in [0.3, 0.4) is 0 Å². The van der Waals surface area contributed by atoms with E-state index >= 15 is 0 Å². The molecule has 5 aromatic rings. The first-order valence-corrected chi connectivity index (χ1v) is 9.96. The fourth-order valence-corrected chi connectivity index (χ4v) is 3.49. The van der Waals surface area contributed by atoms with Crippen LogP contribution >= 0.6 is 0 Å². The molecule has 3 aromatic heterocycles. The van der Waals surface area contributed by atoms with Crippen LogP contribution in [-0.4, -0.2) is 25.4 Å². The molecule has 0 aliphatic carbocycles. The minimum atomic E-state index is -0.132. The van der Waals surface area contributed by atoms with Crippen molar-refractivity contribution in [1.29, 1.82) is 0 Å². The summed E-state index contributed by atoms with van der Waals surface area (Å²) in [7, 11) is 0. The molecule has 6 nitrogen and oxygen atoms in total. The lowest BCUT2D eigenvalue weighted by Crippen LogP contribution is -2.22. The zero-order chi connectivity index (χ0) is 21.0. The van der Waals surface area contributed by atoms with Crippen molar-refractivity contribution in [1.82, 2.24) is 24.8 Å². The Labute approximate surface area is 179 Å². The van der Waals surface area contributed by atoms with Gasteiger partial charge < -0.3 is 5.32 Å². The number of nitrogens with zero attached hydrogens (tertiary/aromatic N) is 4. The number of carbonyl (C=O) groups excluding carboxylic acids is 1. The Kier molecular flexibility index (Phi) is 4.94. The van der Waals surface area contributed by atoms with Crippen molar-refractivity contribution in [2.24, 2.45) is 0 Å². The van der Waals surface area contributed by atoms with Gasteiger partial charge in [-0.1, -0.05) is 36.4 Å². The van der Waals surface area contributed by atoms with Gasteiger partial charge in [0.25, 0.3) is 5.91 Å². The number of benzene rings is 2. The molecule has 3 heterocycles. The maximum absolute atomic E-state index is 12.6. The number of carbonyl (C=O) groups is 1. The zero-order valence-electron chi connectivity index (χ0n) is 16.6. The maximum atomic E-state index is 12.6. The smallest absolute Gasteiger partial charge is 0.251 e. The minimum absolute atomic E-state index is 0.132. The molecule has 1 amide bonds. The van der Waals surface area contributed by atoms with Gasteiger partial charge in [-0.2, -0.15) is 0 Å². The van der Waals surface area contributed by atoms with Gasteiger partial charge in [0.2, 0.25) is 0 Å². The predicted octanol–water partition coefficient (Wildman–Crippen LogP) is 4.41. The number of rotatable bonds is 5. The number of imidazole rings is 1. The summed E-state index contributed by atoms with van der Waals surface area (Å²) in [6, 6.07) is 25.1. The Morgan fingerprint density at radius 3 is 2.45 bits per heavy atom. The number of aromatic nitrogens is 4. The van der Waals surface area contributed by atoms with Gasteiger partial charge >= 0.3 is 0 Å². The normalized spacial score (nSPS) is 10.8. The minimum Gasteiger partial charge on any atom is -0.348 e.